The maximum Gasteiger partial charge on any atom is 0.258 e. The summed E-state index contributed by atoms with van der Waals surface area (Å²) in [7, 11) is 0. The van der Waals surface area contributed by atoms with Crippen LogP contribution in [0.1, 0.15) is 10.4 Å². The van der Waals surface area contributed by atoms with E-state index in [4.69, 9.17) is 17.3 Å². The lowest BCUT2D eigenvalue weighted by atomic mass is 10.1. The van der Waals surface area contributed by atoms with Gasteiger partial charge in [0.25, 0.3) is 5.91 Å². The number of amides is 1. The van der Waals surface area contributed by atoms with Crippen LogP contribution in [-0.4, -0.2) is 5.91 Å². The SMILES string of the molecule is Nc1ccc(F)c(C(=O)Nc2ccc(Cl)c(Br)c2)c1. The molecule has 0 atom stereocenters. The second kappa shape index (κ2) is 5.59. The van der Waals surface area contributed by atoms with Crippen molar-refractivity contribution in [2.45, 2.75) is 0 Å². The molecule has 6 heteroatoms. The third-order valence-electron chi connectivity index (χ3n) is 2.41. The Bertz CT molecular complexity index is 649. The molecule has 0 heterocycles. The lowest BCUT2D eigenvalue weighted by molar-refractivity contribution is 0.102. The lowest BCUT2D eigenvalue weighted by Gasteiger charge is -2.08. The molecular formula is C13H9BrClFN2O. The molecule has 0 aliphatic heterocycles. The zero-order valence-electron chi connectivity index (χ0n) is 9.58. The van der Waals surface area contributed by atoms with Crippen LogP contribution >= 0.6 is 27.5 Å². The Balaban J connectivity index is 2.25. The van der Waals surface area contributed by atoms with Crippen LogP contribution in [0.2, 0.25) is 5.02 Å². The molecule has 3 N–H and O–H groups in total. The summed E-state index contributed by atoms with van der Waals surface area (Å²) in [5.41, 5.74) is 6.25. The number of hydrogen-bond acceptors (Lipinski definition) is 2. The number of anilines is 2. The van der Waals surface area contributed by atoms with Gasteiger partial charge >= 0.3 is 0 Å². The first-order valence-corrected chi connectivity index (χ1v) is 6.46. The summed E-state index contributed by atoms with van der Waals surface area (Å²) in [4.78, 5) is 11.9. The van der Waals surface area contributed by atoms with E-state index in [9.17, 15) is 9.18 Å². The van der Waals surface area contributed by atoms with E-state index in [1.165, 1.54) is 12.1 Å². The van der Waals surface area contributed by atoms with Gasteiger partial charge in [0.1, 0.15) is 5.82 Å². The Hall–Kier alpha value is -1.59. The second-order valence-electron chi connectivity index (χ2n) is 3.82. The van der Waals surface area contributed by atoms with Crippen molar-refractivity contribution in [3.8, 4) is 0 Å². The summed E-state index contributed by atoms with van der Waals surface area (Å²) in [5.74, 6) is -1.20. The quantitative estimate of drug-likeness (QED) is 0.807. The molecule has 3 nitrogen and oxygen atoms in total. The van der Waals surface area contributed by atoms with Gasteiger partial charge < -0.3 is 11.1 Å². The van der Waals surface area contributed by atoms with E-state index in [1.807, 2.05) is 0 Å². The van der Waals surface area contributed by atoms with Crippen molar-refractivity contribution >= 4 is 44.8 Å². The highest BCUT2D eigenvalue weighted by molar-refractivity contribution is 9.10. The topological polar surface area (TPSA) is 55.1 Å². The summed E-state index contributed by atoms with van der Waals surface area (Å²) >= 11 is 9.09. The zero-order valence-corrected chi connectivity index (χ0v) is 11.9. The minimum atomic E-state index is -0.625. The van der Waals surface area contributed by atoms with Crippen LogP contribution in [0.5, 0.6) is 0 Å². The smallest absolute Gasteiger partial charge is 0.258 e. The first kappa shape index (κ1) is 13.8. The van der Waals surface area contributed by atoms with Crippen molar-refractivity contribution in [2.24, 2.45) is 0 Å². The molecule has 2 aromatic rings. The molecule has 0 aromatic heterocycles. The number of nitrogens with two attached hydrogens (primary N) is 1. The van der Waals surface area contributed by atoms with E-state index >= 15 is 0 Å². The van der Waals surface area contributed by atoms with Gasteiger partial charge in [-0.15, -0.1) is 0 Å². The fraction of sp³-hybridized carbons (Fsp3) is 0. The second-order valence-corrected chi connectivity index (χ2v) is 5.08. The van der Waals surface area contributed by atoms with Crippen LogP contribution in [0.25, 0.3) is 0 Å². The first-order valence-electron chi connectivity index (χ1n) is 5.29. The predicted octanol–water partition coefficient (Wildman–Crippen LogP) is 4.08. The molecule has 1 amide bonds. The average molecular weight is 344 g/mol. The van der Waals surface area contributed by atoms with Gasteiger partial charge in [-0.2, -0.15) is 0 Å². The molecule has 0 radical (unpaired) electrons. The minimum absolute atomic E-state index is 0.105. The van der Waals surface area contributed by atoms with Crippen LogP contribution in [-0.2, 0) is 0 Å². The fourth-order valence-electron chi connectivity index (χ4n) is 1.49. The fourth-order valence-corrected chi connectivity index (χ4v) is 1.99. The van der Waals surface area contributed by atoms with E-state index in [0.29, 0.717) is 20.9 Å². The van der Waals surface area contributed by atoms with Crippen LogP contribution in [0, 0.1) is 5.82 Å². The highest BCUT2D eigenvalue weighted by atomic mass is 79.9. The Morgan fingerprint density at radius 2 is 2.00 bits per heavy atom. The van der Waals surface area contributed by atoms with Gasteiger partial charge in [0.15, 0.2) is 0 Å². The van der Waals surface area contributed by atoms with Crippen LogP contribution in [0.4, 0.5) is 15.8 Å². The number of carbonyl (C=O) groups excluding carboxylic acids is 1. The molecule has 0 spiro atoms. The molecule has 0 unspecified atom stereocenters. The average Bonchev–Trinajstić information content (AvgIpc) is 2.36. The van der Waals surface area contributed by atoms with Crippen molar-refractivity contribution in [1.29, 1.82) is 0 Å². The summed E-state index contributed by atoms with van der Waals surface area (Å²) in [6.07, 6.45) is 0. The Morgan fingerprint density at radius 1 is 1.26 bits per heavy atom. The van der Waals surface area contributed by atoms with Crippen molar-refractivity contribution in [1.82, 2.24) is 0 Å². The summed E-state index contributed by atoms with van der Waals surface area (Å²) in [6, 6.07) is 8.71. The largest absolute Gasteiger partial charge is 0.399 e. The molecular weight excluding hydrogens is 335 g/mol. The van der Waals surface area contributed by atoms with E-state index in [-0.39, 0.29) is 5.56 Å². The summed E-state index contributed by atoms with van der Waals surface area (Å²) in [5, 5.41) is 3.09. The van der Waals surface area contributed by atoms with Crippen molar-refractivity contribution < 1.29 is 9.18 Å². The van der Waals surface area contributed by atoms with Crippen LogP contribution < -0.4 is 11.1 Å². The molecule has 0 bridgehead atoms. The standard InChI is InChI=1S/C13H9BrClFN2O/c14-10-6-8(2-3-11(10)15)18-13(19)9-5-7(17)1-4-12(9)16/h1-6H,17H2,(H,18,19). The van der Waals surface area contributed by atoms with Crippen LogP contribution in [0.15, 0.2) is 40.9 Å². The normalized spacial score (nSPS) is 10.3. The third kappa shape index (κ3) is 3.24. The Labute approximate surface area is 122 Å². The lowest BCUT2D eigenvalue weighted by Crippen LogP contribution is -2.14. The van der Waals surface area contributed by atoms with E-state index < -0.39 is 11.7 Å². The first-order chi connectivity index (χ1) is 8.97. The van der Waals surface area contributed by atoms with E-state index in [0.717, 1.165) is 6.07 Å². The van der Waals surface area contributed by atoms with Crippen molar-refractivity contribution in [3.05, 3.63) is 57.3 Å². The van der Waals surface area contributed by atoms with Gasteiger partial charge in [-0.1, -0.05) is 11.6 Å². The zero-order chi connectivity index (χ0) is 14.0. The van der Waals surface area contributed by atoms with Crippen molar-refractivity contribution in [2.75, 3.05) is 11.1 Å². The van der Waals surface area contributed by atoms with Gasteiger partial charge in [-0.05, 0) is 52.3 Å². The van der Waals surface area contributed by atoms with Gasteiger partial charge in [0, 0.05) is 15.8 Å². The monoisotopic (exact) mass is 342 g/mol. The molecule has 2 aromatic carbocycles. The third-order valence-corrected chi connectivity index (χ3v) is 3.63. The predicted molar refractivity (Wildman–Crippen MR) is 77.9 cm³/mol. The summed E-state index contributed by atoms with van der Waals surface area (Å²) < 4.78 is 14.2. The minimum Gasteiger partial charge on any atom is -0.399 e. The number of benzene rings is 2. The molecule has 0 fully saturated rings. The number of nitrogens with one attached hydrogen (secondary N) is 1. The molecule has 98 valence electrons. The molecule has 0 saturated heterocycles. The maximum atomic E-state index is 13.5. The van der Waals surface area contributed by atoms with Gasteiger partial charge in [-0.25, -0.2) is 4.39 Å². The van der Waals surface area contributed by atoms with Gasteiger partial charge in [0.05, 0.1) is 10.6 Å². The highest BCUT2D eigenvalue weighted by Gasteiger charge is 2.12. The molecule has 0 saturated carbocycles. The van der Waals surface area contributed by atoms with Crippen LogP contribution in [0.3, 0.4) is 0 Å². The summed E-state index contributed by atoms with van der Waals surface area (Å²) in [6.45, 7) is 0. The molecule has 2 rings (SSSR count). The Morgan fingerprint density at radius 3 is 2.68 bits per heavy atom. The number of hydrogen-bond donors (Lipinski definition) is 2. The Kier molecular flexibility index (Phi) is 4.07. The number of halogens is 3. The maximum absolute atomic E-state index is 13.5. The molecule has 0 aliphatic rings. The number of rotatable bonds is 2. The van der Waals surface area contributed by atoms with Crippen molar-refractivity contribution in [3.63, 3.8) is 0 Å². The van der Waals surface area contributed by atoms with E-state index in [1.54, 1.807) is 18.2 Å². The molecule has 0 aliphatic carbocycles. The molecule has 19 heavy (non-hydrogen) atoms. The number of carbonyl (C=O) groups is 1. The van der Waals surface area contributed by atoms with Gasteiger partial charge in [0.2, 0.25) is 0 Å². The highest BCUT2D eigenvalue weighted by Crippen LogP contribution is 2.26. The van der Waals surface area contributed by atoms with Gasteiger partial charge in [-0.3, -0.25) is 4.79 Å². The number of nitrogen functional groups attached to an aromatic ring is 1. The van der Waals surface area contributed by atoms with E-state index in [2.05, 4.69) is 21.2 Å².